The van der Waals surface area contributed by atoms with Crippen molar-refractivity contribution in [2.24, 2.45) is 0 Å². The highest BCUT2D eigenvalue weighted by molar-refractivity contribution is 5.78. The van der Waals surface area contributed by atoms with Gasteiger partial charge in [0.25, 0.3) is 0 Å². The van der Waals surface area contributed by atoms with Gasteiger partial charge in [-0.05, 0) is 13.3 Å². The molecule has 0 rings (SSSR count). The van der Waals surface area contributed by atoms with Gasteiger partial charge in [0.2, 0.25) is 0 Å². The second-order valence-corrected chi connectivity index (χ2v) is 7.14. The zero-order valence-electron chi connectivity index (χ0n) is 15.7. The van der Waals surface area contributed by atoms with E-state index in [9.17, 15) is 9.90 Å². The van der Waals surface area contributed by atoms with Gasteiger partial charge in [0.1, 0.15) is 5.54 Å². The molecule has 0 saturated carbocycles. The maximum Gasteiger partial charge on any atom is 0.323 e. The van der Waals surface area contributed by atoms with E-state index < -0.39 is 17.8 Å². The molecule has 0 bridgehead atoms. The van der Waals surface area contributed by atoms with Gasteiger partial charge in [0.15, 0.2) is 6.29 Å². The average molecular weight is 346 g/mol. The molecule has 24 heavy (non-hydrogen) atoms. The van der Waals surface area contributed by atoms with E-state index in [1.807, 2.05) is 0 Å². The van der Waals surface area contributed by atoms with Crippen molar-refractivity contribution in [3.8, 4) is 0 Å². The van der Waals surface area contributed by atoms with Crippen molar-refractivity contribution < 1.29 is 20.1 Å². The normalized spacial score (nSPS) is 14.0. The lowest BCUT2D eigenvalue weighted by atomic mass is 9.93. The fourth-order valence-corrected chi connectivity index (χ4v) is 2.91. The molecule has 0 aliphatic rings. The fourth-order valence-electron chi connectivity index (χ4n) is 2.91. The fraction of sp³-hybridized carbons (Fsp3) is 0.947. The van der Waals surface area contributed by atoms with Crippen molar-refractivity contribution in [2.45, 2.75) is 109 Å². The summed E-state index contributed by atoms with van der Waals surface area (Å²) in [6.45, 7) is 3.72. The van der Waals surface area contributed by atoms with Crippen LogP contribution in [0.4, 0.5) is 0 Å². The van der Waals surface area contributed by atoms with Gasteiger partial charge in [-0.25, -0.2) is 0 Å². The molecule has 0 aliphatic carbocycles. The Kier molecular flexibility index (Phi) is 14.3. The van der Waals surface area contributed by atoms with Gasteiger partial charge in [-0.1, -0.05) is 84.0 Å². The highest BCUT2D eigenvalue weighted by Gasteiger charge is 2.32. The predicted molar refractivity (Wildman–Crippen MR) is 98.0 cm³/mol. The van der Waals surface area contributed by atoms with Crippen LogP contribution in [0.3, 0.4) is 0 Å². The Hall–Kier alpha value is -0.650. The van der Waals surface area contributed by atoms with Crippen LogP contribution in [-0.2, 0) is 4.79 Å². The highest BCUT2D eigenvalue weighted by atomic mass is 16.5. The smallest absolute Gasteiger partial charge is 0.323 e. The van der Waals surface area contributed by atoms with Crippen molar-refractivity contribution in [3.05, 3.63) is 0 Å². The molecule has 0 fully saturated rings. The number of aliphatic hydroxyl groups is 2. The summed E-state index contributed by atoms with van der Waals surface area (Å²) in [5.74, 6) is -0.939. The third-order valence-electron chi connectivity index (χ3n) is 4.68. The van der Waals surface area contributed by atoms with Crippen molar-refractivity contribution in [1.82, 2.24) is 5.32 Å². The molecule has 0 aromatic rings. The second-order valence-electron chi connectivity index (χ2n) is 7.14. The molecule has 1 atom stereocenters. The van der Waals surface area contributed by atoms with E-state index >= 15 is 0 Å². The SMILES string of the molecule is CCCCCCCCCCCCCCC(C)(NCC(O)O)C(=O)O. The van der Waals surface area contributed by atoms with Crippen molar-refractivity contribution in [1.29, 1.82) is 0 Å². The lowest BCUT2D eigenvalue weighted by molar-refractivity contribution is -0.145. The zero-order chi connectivity index (χ0) is 18.3. The minimum Gasteiger partial charge on any atom is -0.480 e. The summed E-state index contributed by atoms with van der Waals surface area (Å²) in [6, 6.07) is 0. The summed E-state index contributed by atoms with van der Waals surface area (Å²) in [4.78, 5) is 11.3. The van der Waals surface area contributed by atoms with Crippen LogP contribution in [0.1, 0.15) is 97.3 Å². The number of hydrogen-bond acceptors (Lipinski definition) is 4. The first-order chi connectivity index (χ1) is 11.4. The molecule has 0 saturated heterocycles. The van der Waals surface area contributed by atoms with Gasteiger partial charge in [-0.2, -0.15) is 0 Å². The minimum absolute atomic E-state index is 0.124. The number of aliphatic carboxylic acids is 1. The number of unbranched alkanes of at least 4 members (excludes halogenated alkanes) is 11. The molecule has 0 amide bonds. The molecule has 5 nitrogen and oxygen atoms in total. The maximum absolute atomic E-state index is 11.3. The number of carboxylic acids is 1. The van der Waals surface area contributed by atoms with Gasteiger partial charge in [-0.15, -0.1) is 0 Å². The topological polar surface area (TPSA) is 89.8 Å². The number of carboxylic acid groups (broad SMARTS) is 1. The minimum atomic E-state index is -1.52. The van der Waals surface area contributed by atoms with Crippen LogP contribution >= 0.6 is 0 Å². The summed E-state index contributed by atoms with van der Waals surface area (Å²) in [5, 5.41) is 29.8. The summed E-state index contributed by atoms with van der Waals surface area (Å²) in [6.07, 6.45) is 13.9. The highest BCUT2D eigenvalue weighted by Crippen LogP contribution is 2.17. The predicted octanol–water partition coefficient (Wildman–Crippen LogP) is 3.82. The molecular weight excluding hydrogens is 306 g/mol. The average Bonchev–Trinajstić information content (AvgIpc) is 2.53. The van der Waals surface area contributed by atoms with Crippen LogP contribution in [0, 0.1) is 0 Å². The Labute approximate surface area is 147 Å². The van der Waals surface area contributed by atoms with E-state index in [-0.39, 0.29) is 6.54 Å². The summed E-state index contributed by atoms with van der Waals surface area (Å²) in [7, 11) is 0. The number of carbonyl (C=O) groups is 1. The summed E-state index contributed by atoms with van der Waals surface area (Å²) >= 11 is 0. The molecule has 0 heterocycles. The van der Waals surface area contributed by atoms with E-state index in [0.717, 1.165) is 19.3 Å². The van der Waals surface area contributed by atoms with Crippen LogP contribution < -0.4 is 5.32 Å². The Morgan fingerprint density at radius 2 is 1.29 bits per heavy atom. The van der Waals surface area contributed by atoms with E-state index in [0.29, 0.717) is 6.42 Å². The second kappa shape index (κ2) is 14.7. The standard InChI is InChI=1S/C19H39NO4/c1-3-4-5-6-7-8-9-10-11-12-13-14-15-19(2,18(23)24)20-16-17(21)22/h17,20-22H,3-16H2,1-2H3,(H,23,24). The van der Waals surface area contributed by atoms with E-state index in [2.05, 4.69) is 12.2 Å². The van der Waals surface area contributed by atoms with E-state index in [4.69, 9.17) is 10.2 Å². The molecular formula is C19H39NO4. The van der Waals surface area contributed by atoms with Crippen LogP contribution in [0.2, 0.25) is 0 Å². The first kappa shape index (κ1) is 23.4. The van der Waals surface area contributed by atoms with E-state index in [1.54, 1.807) is 6.92 Å². The van der Waals surface area contributed by atoms with Crippen LogP contribution in [0.25, 0.3) is 0 Å². The number of rotatable bonds is 17. The molecule has 0 aromatic heterocycles. The first-order valence-electron chi connectivity index (χ1n) is 9.77. The Bertz CT molecular complexity index is 310. The maximum atomic E-state index is 11.3. The molecule has 0 spiro atoms. The Balaban J connectivity index is 3.57. The third-order valence-corrected chi connectivity index (χ3v) is 4.68. The molecule has 0 aliphatic heterocycles. The monoisotopic (exact) mass is 345 g/mol. The number of aliphatic hydroxyl groups excluding tert-OH is 1. The number of nitrogens with one attached hydrogen (secondary N) is 1. The van der Waals surface area contributed by atoms with Crippen molar-refractivity contribution >= 4 is 5.97 Å². The van der Waals surface area contributed by atoms with Crippen LogP contribution in [-0.4, -0.2) is 39.7 Å². The van der Waals surface area contributed by atoms with Crippen molar-refractivity contribution in [3.63, 3.8) is 0 Å². The summed E-state index contributed by atoms with van der Waals surface area (Å²) < 4.78 is 0. The molecule has 5 heteroatoms. The molecule has 1 unspecified atom stereocenters. The van der Waals surface area contributed by atoms with Gasteiger partial charge in [-0.3, -0.25) is 10.1 Å². The van der Waals surface area contributed by atoms with Gasteiger partial charge in [0, 0.05) is 6.54 Å². The van der Waals surface area contributed by atoms with E-state index in [1.165, 1.54) is 57.8 Å². The van der Waals surface area contributed by atoms with Gasteiger partial charge >= 0.3 is 5.97 Å². The van der Waals surface area contributed by atoms with Crippen LogP contribution in [0.5, 0.6) is 0 Å². The molecule has 0 aromatic carbocycles. The number of hydrogen-bond donors (Lipinski definition) is 4. The molecule has 144 valence electrons. The first-order valence-corrected chi connectivity index (χ1v) is 9.77. The number of β-amino-alcohol motifs (C(OH)–C–C–N with tert-alkyl or cyclic N) is 2. The Morgan fingerprint density at radius 1 is 0.875 bits per heavy atom. The van der Waals surface area contributed by atoms with Crippen molar-refractivity contribution in [2.75, 3.05) is 6.54 Å². The lowest BCUT2D eigenvalue weighted by Gasteiger charge is -2.26. The largest absolute Gasteiger partial charge is 0.480 e. The third kappa shape index (κ3) is 12.7. The zero-order valence-corrected chi connectivity index (χ0v) is 15.7. The molecule has 4 N–H and O–H groups in total. The Morgan fingerprint density at radius 3 is 1.67 bits per heavy atom. The lowest BCUT2D eigenvalue weighted by Crippen LogP contribution is -2.51. The van der Waals surface area contributed by atoms with Gasteiger partial charge < -0.3 is 15.3 Å². The summed E-state index contributed by atoms with van der Waals surface area (Å²) in [5.41, 5.74) is -1.08. The van der Waals surface area contributed by atoms with Crippen LogP contribution in [0.15, 0.2) is 0 Å². The van der Waals surface area contributed by atoms with Gasteiger partial charge in [0.05, 0.1) is 0 Å². The molecule has 0 radical (unpaired) electrons. The quantitative estimate of drug-likeness (QED) is 0.238.